The number of anilines is 1. The largest absolute Gasteiger partial charge is 0.495 e. The van der Waals surface area contributed by atoms with E-state index in [0.29, 0.717) is 50.3 Å². The van der Waals surface area contributed by atoms with E-state index in [1.807, 2.05) is 0 Å². The Balaban J connectivity index is 2.00. The number of fused-ring (bicyclic) bond motifs is 1. The predicted molar refractivity (Wildman–Crippen MR) is 111 cm³/mol. The van der Waals surface area contributed by atoms with Crippen LogP contribution >= 0.6 is 0 Å². The maximum absolute atomic E-state index is 13.7. The average molecular weight is 408 g/mol. The molecule has 0 aliphatic heterocycles. The summed E-state index contributed by atoms with van der Waals surface area (Å²) in [4.78, 5) is 15.4. The first-order chi connectivity index (χ1) is 14.4. The summed E-state index contributed by atoms with van der Waals surface area (Å²) in [6.45, 7) is 0. The molecule has 1 heterocycles. The lowest BCUT2D eigenvalue weighted by molar-refractivity contribution is 0.0601. The molecule has 0 spiro atoms. The summed E-state index contributed by atoms with van der Waals surface area (Å²) in [6.07, 6.45) is 0. The lowest BCUT2D eigenvalue weighted by atomic mass is 9.93. The van der Waals surface area contributed by atoms with Crippen LogP contribution in [0.3, 0.4) is 0 Å². The van der Waals surface area contributed by atoms with Crippen LogP contribution in [0.4, 0.5) is 14.5 Å². The smallest absolute Gasteiger partial charge is 0.338 e. The molecule has 30 heavy (non-hydrogen) atoms. The van der Waals surface area contributed by atoms with Gasteiger partial charge in [-0.05, 0) is 41.5 Å². The number of ether oxygens (including phenoxy) is 2. The van der Waals surface area contributed by atoms with Gasteiger partial charge in [-0.2, -0.15) is 0 Å². The predicted octanol–water partition coefficient (Wildman–Crippen LogP) is 5.16. The maximum atomic E-state index is 13.7. The second-order valence-corrected chi connectivity index (χ2v) is 6.71. The van der Waals surface area contributed by atoms with E-state index in [-0.39, 0.29) is 0 Å². The molecule has 0 aliphatic rings. The Morgan fingerprint density at radius 1 is 0.933 bits per heavy atom. The third kappa shape index (κ3) is 3.24. The summed E-state index contributed by atoms with van der Waals surface area (Å²) >= 11 is 0. The van der Waals surface area contributed by atoms with Crippen LogP contribution in [0.25, 0.3) is 33.3 Å². The number of methoxy groups -OCH3 is 2. The molecule has 0 radical (unpaired) electrons. The third-order valence-electron chi connectivity index (χ3n) is 4.94. The average Bonchev–Trinajstić information content (AvgIpc) is 3.15. The molecule has 0 atom stereocenters. The van der Waals surface area contributed by atoms with Crippen molar-refractivity contribution >= 4 is 22.6 Å². The summed E-state index contributed by atoms with van der Waals surface area (Å²) < 4.78 is 37.6. The molecule has 0 fully saturated rings. The number of carbonyl (C=O) groups is 1. The van der Waals surface area contributed by atoms with Crippen molar-refractivity contribution in [3.8, 4) is 28.1 Å². The Morgan fingerprint density at radius 2 is 1.67 bits per heavy atom. The van der Waals surface area contributed by atoms with Crippen molar-refractivity contribution < 1.29 is 23.0 Å². The second kappa shape index (κ2) is 7.51. The lowest BCUT2D eigenvalue weighted by Crippen LogP contribution is -2.04. The summed E-state index contributed by atoms with van der Waals surface area (Å²) in [6, 6.07) is 14.3. The second-order valence-electron chi connectivity index (χ2n) is 6.71. The summed E-state index contributed by atoms with van der Waals surface area (Å²) in [5.74, 6) is -1.94. The number of aromatic nitrogens is 1. The molecule has 4 rings (SSSR count). The molecule has 3 N–H and O–H groups in total. The minimum absolute atomic E-state index is 0.362. The minimum atomic E-state index is -0.943. The van der Waals surface area contributed by atoms with E-state index in [1.54, 1.807) is 42.5 Å². The van der Waals surface area contributed by atoms with Crippen LogP contribution in [0.2, 0.25) is 0 Å². The fourth-order valence-electron chi connectivity index (χ4n) is 3.50. The molecule has 152 valence electrons. The number of carbonyl (C=O) groups excluding carboxylic acids is 1. The van der Waals surface area contributed by atoms with Crippen LogP contribution in [0.15, 0.2) is 54.6 Å². The summed E-state index contributed by atoms with van der Waals surface area (Å²) in [7, 11) is 2.81. The minimum Gasteiger partial charge on any atom is -0.495 e. The topological polar surface area (TPSA) is 77.3 Å². The molecule has 3 aromatic carbocycles. The number of halogens is 2. The van der Waals surface area contributed by atoms with Gasteiger partial charge >= 0.3 is 5.97 Å². The highest BCUT2D eigenvalue weighted by Crippen LogP contribution is 2.40. The molecule has 5 nitrogen and oxygen atoms in total. The Labute approximate surface area is 171 Å². The standard InChI is InChI=1S/C23H18F2N2O3/c1-29-22-10-15(13-5-3-4-6-14(13)23(28)30-2)16(9-19(22)26)21-8-12-7-17(24)18(25)11-20(12)27-21/h3-11,27H,26H2,1-2H3. The normalized spacial score (nSPS) is 10.9. The highest BCUT2D eigenvalue weighted by Gasteiger charge is 2.20. The van der Waals surface area contributed by atoms with Crippen molar-refractivity contribution in [3.63, 3.8) is 0 Å². The number of nitrogens with two attached hydrogens (primary N) is 1. The molecule has 0 aliphatic carbocycles. The number of H-pyrrole nitrogens is 1. The number of nitrogen functional groups attached to an aromatic ring is 1. The lowest BCUT2D eigenvalue weighted by Gasteiger charge is -2.15. The van der Waals surface area contributed by atoms with Crippen LogP contribution in [-0.2, 0) is 4.74 Å². The van der Waals surface area contributed by atoms with Gasteiger partial charge in [-0.1, -0.05) is 18.2 Å². The van der Waals surface area contributed by atoms with E-state index < -0.39 is 17.6 Å². The van der Waals surface area contributed by atoms with Crippen molar-refractivity contribution in [1.29, 1.82) is 0 Å². The zero-order chi connectivity index (χ0) is 21.4. The van der Waals surface area contributed by atoms with Gasteiger partial charge in [-0.3, -0.25) is 0 Å². The monoisotopic (exact) mass is 408 g/mol. The third-order valence-corrected chi connectivity index (χ3v) is 4.94. The number of hydrogen-bond acceptors (Lipinski definition) is 4. The molecular formula is C23H18F2N2O3. The van der Waals surface area contributed by atoms with E-state index in [4.69, 9.17) is 15.2 Å². The Morgan fingerprint density at radius 3 is 2.40 bits per heavy atom. The zero-order valence-corrected chi connectivity index (χ0v) is 16.3. The number of hydrogen-bond donors (Lipinski definition) is 2. The Bertz CT molecular complexity index is 1240. The first-order valence-electron chi connectivity index (χ1n) is 9.06. The summed E-state index contributed by atoms with van der Waals surface area (Å²) in [5.41, 5.74) is 9.78. The first-order valence-corrected chi connectivity index (χ1v) is 9.06. The van der Waals surface area contributed by atoms with Gasteiger partial charge in [0.15, 0.2) is 11.6 Å². The number of rotatable bonds is 4. The quantitative estimate of drug-likeness (QED) is 0.361. The van der Waals surface area contributed by atoms with E-state index in [0.717, 1.165) is 12.1 Å². The summed E-state index contributed by atoms with van der Waals surface area (Å²) in [5, 5.41) is 0.505. The molecule has 0 amide bonds. The number of nitrogens with one attached hydrogen (secondary N) is 1. The van der Waals surface area contributed by atoms with Crippen molar-refractivity contribution in [1.82, 2.24) is 4.98 Å². The van der Waals surface area contributed by atoms with Crippen molar-refractivity contribution in [2.24, 2.45) is 0 Å². The number of aromatic amines is 1. The van der Waals surface area contributed by atoms with Crippen molar-refractivity contribution in [3.05, 3.63) is 71.8 Å². The molecule has 0 bridgehead atoms. The van der Waals surface area contributed by atoms with Crippen LogP contribution < -0.4 is 10.5 Å². The van der Waals surface area contributed by atoms with Gasteiger partial charge in [0, 0.05) is 28.2 Å². The van der Waals surface area contributed by atoms with Crippen LogP contribution in [0.5, 0.6) is 5.75 Å². The zero-order valence-electron chi connectivity index (χ0n) is 16.3. The van der Waals surface area contributed by atoms with E-state index >= 15 is 0 Å². The fraction of sp³-hybridized carbons (Fsp3) is 0.0870. The highest BCUT2D eigenvalue weighted by atomic mass is 19.2. The van der Waals surface area contributed by atoms with Gasteiger partial charge in [0.25, 0.3) is 0 Å². The van der Waals surface area contributed by atoms with Gasteiger partial charge in [0.1, 0.15) is 5.75 Å². The van der Waals surface area contributed by atoms with E-state index in [1.165, 1.54) is 14.2 Å². The van der Waals surface area contributed by atoms with Crippen LogP contribution in [0, 0.1) is 11.6 Å². The molecule has 0 saturated carbocycles. The fourth-order valence-corrected chi connectivity index (χ4v) is 3.50. The molecule has 0 unspecified atom stereocenters. The molecular weight excluding hydrogens is 390 g/mol. The Kier molecular flexibility index (Phi) is 4.87. The van der Waals surface area contributed by atoms with Gasteiger partial charge in [-0.25, -0.2) is 13.6 Å². The SMILES string of the molecule is COC(=O)c1ccccc1-c1cc(OC)c(N)cc1-c1cc2cc(F)c(F)cc2[nH]1. The Hall–Kier alpha value is -3.87. The van der Waals surface area contributed by atoms with Crippen molar-refractivity contribution in [2.75, 3.05) is 20.0 Å². The van der Waals surface area contributed by atoms with Gasteiger partial charge in [-0.15, -0.1) is 0 Å². The van der Waals surface area contributed by atoms with Gasteiger partial charge in [0.05, 0.1) is 25.5 Å². The first kappa shape index (κ1) is 19.4. The number of benzene rings is 3. The van der Waals surface area contributed by atoms with Crippen molar-refractivity contribution in [2.45, 2.75) is 0 Å². The molecule has 7 heteroatoms. The van der Waals surface area contributed by atoms with E-state index in [9.17, 15) is 13.6 Å². The van der Waals surface area contributed by atoms with E-state index in [2.05, 4.69) is 4.98 Å². The molecule has 0 saturated heterocycles. The van der Waals surface area contributed by atoms with Crippen LogP contribution in [0.1, 0.15) is 10.4 Å². The van der Waals surface area contributed by atoms with Gasteiger partial charge in [0.2, 0.25) is 0 Å². The molecule has 1 aromatic heterocycles. The highest BCUT2D eigenvalue weighted by molar-refractivity contribution is 6.01. The van der Waals surface area contributed by atoms with Gasteiger partial charge < -0.3 is 20.2 Å². The number of esters is 1. The maximum Gasteiger partial charge on any atom is 0.338 e. The molecule has 4 aromatic rings. The van der Waals surface area contributed by atoms with Crippen LogP contribution in [-0.4, -0.2) is 25.2 Å².